The number of nitrogens with one attached hydrogen (secondary N) is 1. The first-order valence-corrected chi connectivity index (χ1v) is 6.51. The molecule has 1 heterocycles. The minimum absolute atomic E-state index is 0.123. The van der Waals surface area contributed by atoms with Crippen molar-refractivity contribution in [2.45, 2.75) is 45.6 Å². The molecule has 1 saturated carbocycles. The van der Waals surface area contributed by atoms with Gasteiger partial charge >= 0.3 is 0 Å². The van der Waals surface area contributed by atoms with Crippen LogP contribution < -0.4 is 11.1 Å². The van der Waals surface area contributed by atoms with Crippen molar-refractivity contribution in [3.8, 4) is 0 Å². The van der Waals surface area contributed by atoms with E-state index in [-0.39, 0.29) is 17.4 Å². The molecule has 1 amide bonds. The summed E-state index contributed by atoms with van der Waals surface area (Å²) in [6.07, 6.45) is 6.19. The number of nitrogen functional groups attached to an aromatic ring is 1. The number of amides is 1. The van der Waals surface area contributed by atoms with Crippen LogP contribution in [-0.4, -0.2) is 16.9 Å². The monoisotopic (exact) mass is 247 g/mol. The molecule has 0 radical (unpaired) electrons. The molecule has 1 fully saturated rings. The lowest BCUT2D eigenvalue weighted by Crippen LogP contribution is -2.47. The standard InChI is InChI=1S/C14H21N3O/c1-14(2)7-4-3-5-12(14)17-13(18)11-9-10(15)6-8-16-11/h6,8-9,12H,3-5,7H2,1-2H3,(H2,15,16)(H,17,18). The second-order valence-corrected chi connectivity index (χ2v) is 5.73. The number of pyridine rings is 1. The highest BCUT2D eigenvalue weighted by molar-refractivity contribution is 5.93. The Balaban J connectivity index is 2.07. The fourth-order valence-electron chi connectivity index (χ4n) is 2.56. The third-order valence-corrected chi connectivity index (χ3v) is 3.83. The average molecular weight is 247 g/mol. The third kappa shape index (κ3) is 2.81. The van der Waals surface area contributed by atoms with Gasteiger partial charge in [-0.2, -0.15) is 0 Å². The van der Waals surface area contributed by atoms with Crippen molar-refractivity contribution < 1.29 is 4.79 Å². The van der Waals surface area contributed by atoms with Crippen LogP contribution in [0.5, 0.6) is 0 Å². The summed E-state index contributed by atoms with van der Waals surface area (Å²) in [5.74, 6) is -0.123. The fraction of sp³-hybridized carbons (Fsp3) is 0.571. The van der Waals surface area contributed by atoms with E-state index in [2.05, 4.69) is 24.1 Å². The SMILES string of the molecule is CC1(C)CCCCC1NC(=O)c1cc(N)ccn1. The Labute approximate surface area is 108 Å². The molecule has 4 heteroatoms. The Morgan fingerprint density at radius 3 is 2.94 bits per heavy atom. The molecule has 2 rings (SSSR count). The maximum absolute atomic E-state index is 12.1. The molecule has 3 N–H and O–H groups in total. The molecule has 1 unspecified atom stereocenters. The Bertz CT molecular complexity index is 442. The molecule has 0 spiro atoms. The quantitative estimate of drug-likeness (QED) is 0.843. The van der Waals surface area contributed by atoms with Gasteiger partial charge in [0.1, 0.15) is 5.69 Å². The first-order chi connectivity index (χ1) is 8.49. The Kier molecular flexibility index (Phi) is 3.55. The van der Waals surface area contributed by atoms with Gasteiger partial charge in [-0.25, -0.2) is 0 Å². The summed E-state index contributed by atoms with van der Waals surface area (Å²) in [4.78, 5) is 16.2. The van der Waals surface area contributed by atoms with E-state index in [1.165, 1.54) is 12.8 Å². The van der Waals surface area contributed by atoms with Crippen LogP contribution in [0.25, 0.3) is 0 Å². The van der Waals surface area contributed by atoms with E-state index in [9.17, 15) is 4.79 Å². The zero-order valence-electron chi connectivity index (χ0n) is 11.1. The molecule has 1 aromatic heterocycles. The first-order valence-electron chi connectivity index (χ1n) is 6.51. The summed E-state index contributed by atoms with van der Waals surface area (Å²) in [6, 6.07) is 3.52. The van der Waals surface area contributed by atoms with Gasteiger partial charge in [0.05, 0.1) is 0 Å². The number of aromatic nitrogens is 1. The first kappa shape index (κ1) is 12.9. The lowest BCUT2D eigenvalue weighted by molar-refractivity contribution is 0.0848. The fourth-order valence-corrected chi connectivity index (χ4v) is 2.56. The van der Waals surface area contributed by atoms with E-state index in [1.807, 2.05) is 0 Å². The number of anilines is 1. The maximum atomic E-state index is 12.1. The van der Waals surface area contributed by atoms with Gasteiger partial charge in [0.25, 0.3) is 5.91 Å². The second-order valence-electron chi connectivity index (χ2n) is 5.73. The van der Waals surface area contributed by atoms with Crippen molar-refractivity contribution in [1.29, 1.82) is 0 Å². The van der Waals surface area contributed by atoms with Gasteiger partial charge in [-0.05, 0) is 30.4 Å². The molecular weight excluding hydrogens is 226 g/mol. The summed E-state index contributed by atoms with van der Waals surface area (Å²) < 4.78 is 0. The van der Waals surface area contributed by atoms with Gasteiger partial charge in [-0.3, -0.25) is 9.78 Å². The predicted octanol–water partition coefficient (Wildman–Crippen LogP) is 2.36. The topological polar surface area (TPSA) is 68.0 Å². The van der Waals surface area contributed by atoms with Crippen LogP contribution in [0.15, 0.2) is 18.3 Å². The average Bonchev–Trinajstić information content (AvgIpc) is 2.31. The largest absolute Gasteiger partial charge is 0.399 e. The number of rotatable bonds is 2. The highest BCUT2D eigenvalue weighted by Crippen LogP contribution is 2.35. The molecule has 0 saturated heterocycles. The predicted molar refractivity (Wildman–Crippen MR) is 72.2 cm³/mol. The summed E-state index contributed by atoms with van der Waals surface area (Å²) in [5.41, 5.74) is 6.79. The second kappa shape index (κ2) is 4.96. The Morgan fingerprint density at radius 1 is 1.50 bits per heavy atom. The lowest BCUT2D eigenvalue weighted by Gasteiger charge is -2.38. The highest BCUT2D eigenvalue weighted by Gasteiger charge is 2.33. The summed E-state index contributed by atoms with van der Waals surface area (Å²) in [7, 11) is 0. The number of hydrogen-bond donors (Lipinski definition) is 2. The van der Waals surface area contributed by atoms with Crippen LogP contribution in [0.2, 0.25) is 0 Å². The van der Waals surface area contributed by atoms with Crippen molar-refractivity contribution in [3.05, 3.63) is 24.0 Å². The molecule has 1 atom stereocenters. The van der Waals surface area contributed by atoms with E-state index < -0.39 is 0 Å². The normalized spacial score (nSPS) is 22.4. The van der Waals surface area contributed by atoms with E-state index in [0.717, 1.165) is 12.8 Å². The molecule has 1 aliphatic carbocycles. The lowest BCUT2D eigenvalue weighted by atomic mass is 9.73. The molecule has 18 heavy (non-hydrogen) atoms. The minimum Gasteiger partial charge on any atom is -0.399 e. The number of nitrogens with zero attached hydrogens (tertiary/aromatic N) is 1. The highest BCUT2D eigenvalue weighted by atomic mass is 16.1. The molecule has 0 aromatic carbocycles. The molecule has 1 aromatic rings. The van der Waals surface area contributed by atoms with E-state index >= 15 is 0 Å². The Hall–Kier alpha value is -1.58. The summed E-state index contributed by atoms with van der Waals surface area (Å²) in [6.45, 7) is 4.42. The number of carbonyl (C=O) groups excluding carboxylic acids is 1. The van der Waals surface area contributed by atoms with Gasteiger partial charge in [0.15, 0.2) is 0 Å². The Morgan fingerprint density at radius 2 is 2.28 bits per heavy atom. The van der Waals surface area contributed by atoms with Crippen LogP contribution in [-0.2, 0) is 0 Å². The zero-order chi connectivity index (χ0) is 13.2. The van der Waals surface area contributed by atoms with Gasteiger partial charge in [-0.15, -0.1) is 0 Å². The molecular formula is C14H21N3O. The molecule has 4 nitrogen and oxygen atoms in total. The van der Waals surface area contributed by atoms with Gasteiger partial charge < -0.3 is 11.1 Å². The molecule has 98 valence electrons. The summed E-state index contributed by atoms with van der Waals surface area (Å²) in [5, 5.41) is 3.10. The number of carbonyl (C=O) groups is 1. The number of hydrogen-bond acceptors (Lipinski definition) is 3. The minimum atomic E-state index is -0.123. The molecule has 0 aliphatic heterocycles. The van der Waals surface area contributed by atoms with Crippen molar-refractivity contribution in [2.75, 3.05) is 5.73 Å². The van der Waals surface area contributed by atoms with Crippen LogP contribution >= 0.6 is 0 Å². The van der Waals surface area contributed by atoms with Gasteiger partial charge in [0, 0.05) is 17.9 Å². The summed E-state index contributed by atoms with van der Waals surface area (Å²) >= 11 is 0. The van der Waals surface area contributed by atoms with Crippen LogP contribution in [0, 0.1) is 5.41 Å². The van der Waals surface area contributed by atoms with E-state index in [1.54, 1.807) is 18.3 Å². The van der Waals surface area contributed by atoms with Crippen molar-refractivity contribution in [1.82, 2.24) is 10.3 Å². The van der Waals surface area contributed by atoms with Crippen molar-refractivity contribution >= 4 is 11.6 Å². The van der Waals surface area contributed by atoms with Crippen LogP contribution in [0.3, 0.4) is 0 Å². The molecule has 0 bridgehead atoms. The van der Waals surface area contributed by atoms with E-state index in [0.29, 0.717) is 11.4 Å². The van der Waals surface area contributed by atoms with Crippen molar-refractivity contribution in [3.63, 3.8) is 0 Å². The van der Waals surface area contributed by atoms with E-state index in [4.69, 9.17) is 5.73 Å². The zero-order valence-corrected chi connectivity index (χ0v) is 11.1. The smallest absolute Gasteiger partial charge is 0.270 e. The molecule has 1 aliphatic rings. The van der Waals surface area contributed by atoms with Gasteiger partial charge in [-0.1, -0.05) is 26.7 Å². The maximum Gasteiger partial charge on any atom is 0.270 e. The van der Waals surface area contributed by atoms with Crippen LogP contribution in [0.1, 0.15) is 50.0 Å². The number of nitrogens with two attached hydrogens (primary N) is 1. The van der Waals surface area contributed by atoms with Crippen molar-refractivity contribution in [2.24, 2.45) is 5.41 Å². The van der Waals surface area contributed by atoms with Gasteiger partial charge in [0.2, 0.25) is 0 Å². The third-order valence-electron chi connectivity index (χ3n) is 3.83. The van der Waals surface area contributed by atoms with Crippen LogP contribution in [0.4, 0.5) is 5.69 Å².